The van der Waals surface area contributed by atoms with Gasteiger partial charge in [0.15, 0.2) is 11.4 Å². The summed E-state index contributed by atoms with van der Waals surface area (Å²) in [5.41, 5.74) is 3.65. The van der Waals surface area contributed by atoms with Crippen LogP contribution in [0.2, 0.25) is 0 Å². The number of benzene rings is 4. The van der Waals surface area contributed by atoms with E-state index in [0.717, 1.165) is 0 Å². The summed E-state index contributed by atoms with van der Waals surface area (Å²) in [7, 11) is 0. The molecule has 4 rings (SSSR count). The summed E-state index contributed by atoms with van der Waals surface area (Å²) < 4.78 is 0. The van der Waals surface area contributed by atoms with Crippen molar-refractivity contribution >= 4 is 22.3 Å². The van der Waals surface area contributed by atoms with E-state index in [2.05, 4.69) is 58.2 Å². The summed E-state index contributed by atoms with van der Waals surface area (Å²) >= 11 is 0. The maximum Gasteiger partial charge on any atom is 0.187 e. The molecule has 0 spiro atoms. The van der Waals surface area contributed by atoms with E-state index in [1.165, 1.54) is 35.4 Å². The Morgan fingerprint density at radius 1 is 0.452 bits per heavy atom. The highest BCUT2D eigenvalue weighted by Crippen LogP contribution is 2.17. The Labute approximate surface area is 187 Å². The first kappa shape index (κ1) is 24.7. The van der Waals surface area contributed by atoms with Crippen molar-refractivity contribution in [3.63, 3.8) is 0 Å². The molecule has 0 aliphatic carbocycles. The molecule has 0 saturated heterocycles. The van der Waals surface area contributed by atoms with E-state index in [1.807, 2.05) is 12.1 Å². The van der Waals surface area contributed by atoms with Crippen molar-refractivity contribution in [2.45, 2.75) is 0 Å². The predicted molar refractivity (Wildman–Crippen MR) is 132 cm³/mol. The van der Waals surface area contributed by atoms with Gasteiger partial charge >= 0.3 is 0 Å². The molecule has 0 fully saturated rings. The van der Waals surface area contributed by atoms with Gasteiger partial charge < -0.3 is 10.2 Å². The molecule has 154 valence electrons. The Bertz CT molecular complexity index is 1010. The van der Waals surface area contributed by atoms with Crippen molar-refractivity contribution in [3.8, 4) is 22.6 Å². The molecule has 0 aromatic heterocycles. The molecule has 0 amide bonds. The van der Waals surface area contributed by atoms with Gasteiger partial charge in [0.2, 0.25) is 0 Å². The average molecular weight is 425 g/mol. The first-order chi connectivity index (χ1) is 14.6. The largest absolute Gasteiger partial charge is 0.508 e. The third-order valence-electron chi connectivity index (χ3n) is 3.84. The topological polar surface area (TPSA) is 49.2 Å². The molecule has 4 aromatic rings. The minimum Gasteiger partial charge on any atom is -0.508 e. The summed E-state index contributed by atoms with van der Waals surface area (Å²) in [5.74, 6) is 0.393. The van der Waals surface area contributed by atoms with E-state index in [1.54, 1.807) is 24.3 Å². The summed E-state index contributed by atoms with van der Waals surface area (Å²) in [6, 6.07) is 33.0. The van der Waals surface area contributed by atoms with Crippen molar-refractivity contribution in [1.29, 1.82) is 0 Å². The Hall–Kier alpha value is -4.32. The van der Waals surface area contributed by atoms with Crippen LogP contribution in [0.15, 0.2) is 109 Å². The van der Waals surface area contributed by atoms with Gasteiger partial charge in [0.1, 0.15) is 11.5 Å². The lowest BCUT2D eigenvalue weighted by Crippen LogP contribution is -1.73. The van der Waals surface area contributed by atoms with Gasteiger partial charge in [-0.15, -0.1) is 0 Å². The summed E-state index contributed by atoms with van der Waals surface area (Å²) in [5, 5.41) is 17.5. The zero-order valence-corrected chi connectivity index (χ0v) is 16.2. The first-order valence-corrected chi connectivity index (χ1v) is 9.06. The molecular formula is C26H24N2O2Si. The Balaban J connectivity index is 0.000000233. The van der Waals surface area contributed by atoms with Gasteiger partial charge in [-0.05, 0) is 46.4 Å². The number of nitrogens with zero attached hydrogens (tertiary/aromatic N) is 2. The summed E-state index contributed by atoms with van der Waals surface area (Å²) in [6.45, 7) is 13.1. The van der Waals surface area contributed by atoms with Crippen LogP contribution in [0.25, 0.3) is 20.8 Å². The number of hydrogen-bond acceptors (Lipinski definition) is 2. The zero-order valence-electron chi connectivity index (χ0n) is 16.2. The van der Waals surface area contributed by atoms with Gasteiger partial charge in [0.05, 0.1) is 13.1 Å². The van der Waals surface area contributed by atoms with E-state index < -0.39 is 0 Å². The van der Waals surface area contributed by atoms with Crippen molar-refractivity contribution in [1.82, 2.24) is 0 Å². The lowest BCUT2D eigenvalue weighted by Gasteiger charge is -1.98. The smallest absolute Gasteiger partial charge is 0.187 e. The van der Waals surface area contributed by atoms with Gasteiger partial charge in [0, 0.05) is 0 Å². The average Bonchev–Trinajstić information content (AvgIpc) is 2.82. The van der Waals surface area contributed by atoms with Gasteiger partial charge in [0.25, 0.3) is 0 Å². The number of hydrogen-bond donors (Lipinski definition) is 2. The molecule has 2 N–H and O–H groups in total. The number of aromatic hydroxyl groups is 2. The molecule has 0 atom stereocenters. The number of rotatable bonds is 1. The highest BCUT2D eigenvalue weighted by atomic mass is 28.1. The second-order valence-electron chi connectivity index (χ2n) is 5.99. The Kier molecular flexibility index (Phi) is 11.0. The van der Waals surface area contributed by atoms with Crippen LogP contribution in [0.1, 0.15) is 0 Å². The van der Waals surface area contributed by atoms with E-state index in [0.29, 0.717) is 11.4 Å². The lowest BCUT2D eigenvalue weighted by atomic mass is 10.1. The Morgan fingerprint density at radius 2 is 0.742 bits per heavy atom. The first-order valence-electron chi connectivity index (χ1n) is 9.06. The monoisotopic (exact) mass is 424 g/mol. The fourth-order valence-corrected chi connectivity index (χ4v) is 2.32. The van der Waals surface area contributed by atoms with Crippen LogP contribution in [-0.2, 0) is 0 Å². The van der Waals surface area contributed by atoms with Crippen LogP contribution in [0.3, 0.4) is 0 Å². The highest BCUT2D eigenvalue weighted by molar-refractivity contribution is 5.75. The van der Waals surface area contributed by atoms with E-state index in [9.17, 15) is 0 Å². The molecule has 0 saturated carbocycles. The second kappa shape index (κ2) is 13.8. The molecular weight excluding hydrogens is 400 g/mol. The second-order valence-corrected chi connectivity index (χ2v) is 5.99. The summed E-state index contributed by atoms with van der Waals surface area (Å²) in [6.07, 6.45) is 0. The maximum absolute atomic E-state index is 8.75. The lowest BCUT2D eigenvalue weighted by molar-refractivity contribution is 0.475. The molecule has 0 unspecified atom stereocenters. The molecule has 0 heterocycles. The standard InChI is InChI=1S/C12H10.2C7H5NO.H4Si/c1-3-7-11(8-4-1)12-9-5-2-6-10-12;2*1-8-6-2-4-7(9)5-3-6;/h1-10H;2*2-5,9H;1H4. The zero-order chi connectivity index (χ0) is 21.6. The normalized spacial score (nSPS) is 8.58. The Morgan fingerprint density at radius 3 is 1.00 bits per heavy atom. The molecule has 0 aliphatic heterocycles. The fraction of sp³-hybridized carbons (Fsp3) is 0. The summed E-state index contributed by atoms with van der Waals surface area (Å²) in [4.78, 5) is 6.30. The minimum absolute atomic E-state index is 0. The molecule has 4 aromatic carbocycles. The number of phenols is 2. The van der Waals surface area contributed by atoms with Gasteiger partial charge in [-0.2, -0.15) is 0 Å². The molecule has 0 bridgehead atoms. The third-order valence-corrected chi connectivity index (χ3v) is 3.84. The van der Waals surface area contributed by atoms with Crippen molar-refractivity contribution in [2.24, 2.45) is 0 Å². The van der Waals surface area contributed by atoms with Crippen LogP contribution in [0.5, 0.6) is 11.5 Å². The van der Waals surface area contributed by atoms with E-state index in [4.69, 9.17) is 23.4 Å². The molecule has 31 heavy (non-hydrogen) atoms. The van der Waals surface area contributed by atoms with Crippen LogP contribution < -0.4 is 0 Å². The fourth-order valence-electron chi connectivity index (χ4n) is 2.32. The maximum atomic E-state index is 8.75. The molecule has 0 aliphatic rings. The molecule has 5 heteroatoms. The highest BCUT2D eigenvalue weighted by Gasteiger charge is 1.92. The minimum atomic E-state index is 0. The number of phenolic OH excluding ortho intramolecular Hbond substituents is 2. The molecule has 0 radical (unpaired) electrons. The van der Waals surface area contributed by atoms with E-state index in [-0.39, 0.29) is 22.5 Å². The van der Waals surface area contributed by atoms with E-state index >= 15 is 0 Å². The molecule has 4 nitrogen and oxygen atoms in total. The quantitative estimate of drug-likeness (QED) is 0.300. The van der Waals surface area contributed by atoms with Gasteiger partial charge in [-0.25, -0.2) is 9.69 Å². The van der Waals surface area contributed by atoms with Gasteiger partial charge in [-0.1, -0.05) is 84.9 Å². The predicted octanol–water partition coefficient (Wildman–Crippen LogP) is 5.79. The van der Waals surface area contributed by atoms with Crippen molar-refractivity contribution in [2.75, 3.05) is 0 Å². The third kappa shape index (κ3) is 9.14. The SMILES string of the molecule is [C-]#[N+]c1ccc(O)cc1.[C-]#[N+]c1ccc(O)cc1.[SiH4].c1ccc(-c2ccccc2)cc1. The van der Waals surface area contributed by atoms with Crippen molar-refractivity contribution in [3.05, 3.63) is 132 Å². The van der Waals surface area contributed by atoms with Crippen LogP contribution in [-0.4, -0.2) is 21.2 Å². The van der Waals surface area contributed by atoms with Crippen LogP contribution >= 0.6 is 0 Å². The van der Waals surface area contributed by atoms with Crippen molar-refractivity contribution < 1.29 is 10.2 Å². The van der Waals surface area contributed by atoms with Crippen LogP contribution in [0.4, 0.5) is 11.4 Å². The van der Waals surface area contributed by atoms with Crippen LogP contribution in [0, 0.1) is 13.1 Å². The van der Waals surface area contributed by atoms with Gasteiger partial charge in [-0.3, -0.25) is 0 Å².